The fourth-order valence-electron chi connectivity index (χ4n) is 3.63. The van der Waals surface area contributed by atoms with Gasteiger partial charge in [0.1, 0.15) is 5.82 Å². The minimum Gasteiger partial charge on any atom is -0.354 e. The van der Waals surface area contributed by atoms with Crippen molar-refractivity contribution in [2.75, 3.05) is 56.0 Å². The minimum absolute atomic E-state index is 0.182. The summed E-state index contributed by atoms with van der Waals surface area (Å²) in [7, 11) is -3.54. The van der Waals surface area contributed by atoms with Gasteiger partial charge < -0.3 is 15.1 Å². The summed E-state index contributed by atoms with van der Waals surface area (Å²) in [6.07, 6.45) is 1.65. The Labute approximate surface area is 184 Å². The number of piperazine rings is 1. The number of hydrogen-bond donors (Lipinski definition) is 1. The Morgan fingerprint density at radius 2 is 1.65 bits per heavy atom. The van der Waals surface area contributed by atoms with Gasteiger partial charge >= 0.3 is 0 Å². The normalized spacial score (nSPS) is 15.3. The van der Waals surface area contributed by atoms with E-state index < -0.39 is 10.0 Å². The molecule has 9 heteroatoms. The molecule has 0 radical (unpaired) electrons. The molecule has 1 aromatic heterocycles. The zero-order chi connectivity index (χ0) is 22.4. The molecule has 0 atom stereocenters. The topological polar surface area (TPSA) is 85.8 Å². The van der Waals surface area contributed by atoms with Crippen molar-refractivity contribution in [1.82, 2.24) is 14.2 Å². The Hall–Kier alpha value is -2.49. The number of benzene rings is 1. The number of nitrogens with zero attached hydrogens (tertiary/aromatic N) is 4. The second-order valence-electron chi connectivity index (χ2n) is 7.39. The van der Waals surface area contributed by atoms with Gasteiger partial charge in [-0.2, -0.15) is 4.31 Å². The summed E-state index contributed by atoms with van der Waals surface area (Å²) >= 11 is 0. The Kier molecular flexibility index (Phi) is 7.64. The van der Waals surface area contributed by atoms with Gasteiger partial charge in [-0.05, 0) is 42.9 Å². The lowest BCUT2D eigenvalue weighted by atomic mass is 10.2. The number of sulfonamides is 1. The fourth-order valence-corrected chi connectivity index (χ4v) is 5.09. The highest BCUT2D eigenvalue weighted by molar-refractivity contribution is 7.89. The molecular weight excluding hydrogens is 414 g/mol. The number of anilines is 2. The van der Waals surface area contributed by atoms with Gasteiger partial charge in [0.25, 0.3) is 5.91 Å². The molecule has 0 unspecified atom stereocenters. The number of amides is 1. The third-order valence-corrected chi connectivity index (χ3v) is 7.67. The molecule has 0 bridgehead atoms. The van der Waals surface area contributed by atoms with Crippen molar-refractivity contribution < 1.29 is 13.2 Å². The maximum absolute atomic E-state index is 12.6. The summed E-state index contributed by atoms with van der Waals surface area (Å²) in [5.74, 6) is 0.595. The van der Waals surface area contributed by atoms with Gasteiger partial charge in [-0.1, -0.05) is 20.8 Å². The van der Waals surface area contributed by atoms with E-state index in [1.54, 1.807) is 20.0 Å². The van der Waals surface area contributed by atoms with E-state index >= 15 is 0 Å². The van der Waals surface area contributed by atoms with Crippen LogP contribution >= 0.6 is 0 Å². The Balaban J connectivity index is 1.63. The lowest BCUT2D eigenvalue weighted by Gasteiger charge is -2.34. The average molecular weight is 446 g/mol. The first kappa shape index (κ1) is 23.2. The van der Waals surface area contributed by atoms with Crippen LogP contribution in [0.3, 0.4) is 0 Å². The highest BCUT2D eigenvalue weighted by Crippen LogP contribution is 2.19. The molecule has 2 heterocycles. The number of hydrogen-bond acceptors (Lipinski definition) is 6. The summed E-state index contributed by atoms with van der Waals surface area (Å²) in [5, 5.41) is 2.82. The molecule has 1 N–H and O–H groups in total. The zero-order valence-corrected chi connectivity index (χ0v) is 19.2. The molecule has 1 aliphatic heterocycles. The summed E-state index contributed by atoms with van der Waals surface area (Å²) in [5.41, 5.74) is 0.985. The summed E-state index contributed by atoms with van der Waals surface area (Å²) in [6.45, 7) is 11.6. The number of likely N-dealkylation sites (N-methyl/N-ethyl adjacent to an activating group) is 1. The Bertz CT molecular complexity index is 965. The average Bonchev–Trinajstić information content (AvgIpc) is 2.80. The van der Waals surface area contributed by atoms with Crippen LogP contribution in [0, 0.1) is 0 Å². The van der Waals surface area contributed by atoms with Crippen LogP contribution in [0.2, 0.25) is 0 Å². The second kappa shape index (κ2) is 10.2. The maximum atomic E-state index is 12.6. The van der Waals surface area contributed by atoms with Crippen LogP contribution < -0.4 is 10.2 Å². The predicted octanol–water partition coefficient (Wildman–Crippen LogP) is 2.51. The molecule has 1 amide bonds. The van der Waals surface area contributed by atoms with Crippen LogP contribution in [0.1, 0.15) is 31.1 Å². The number of carbonyl (C=O) groups excluding carboxylic acids is 1. The predicted molar refractivity (Wildman–Crippen MR) is 123 cm³/mol. The molecule has 1 saturated heterocycles. The summed E-state index contributed by atoms with van der Waals surface area (Å²) < 4.78 is 26.5. The van der Waals surface area contributed by atoms with Crippen molar-refractivity contribution >= 4 is 27.4 Å². The summed E-state index contributed by atoms with van der Waals surface area (Å²) in [6, 6.07) is 9.75. The smallest absolute Gasteiger partial charge is 0.255 e. The van der Waals surface area contributed by atoms with Crippen molar-refractivity contribution in [2.24, 2.45) is 0 Å². The second-order valence-corrected chi connectivity index (χ2v) is 9.33. The van der Waals surface area contributed by atoms with Gasteiger partial charge in [0, 0.05) is 44.8 Å². The number of carbonyl (C=O) groups is 1. The quantitative estimate of drug-likeness (QED) is 0.672. The molecule has 0 aliphatic carbocycles. The Morgan fingerprint density at radius 1 is 1.00 bits per heavy atom. The van der Waals surface area contributed by atoms with Gasteiger partial charge in [0.2, 0.25) is 10.0 Å². The molecule has 168 valence electrons. The maximum Gasteiger partial charge on any atom is 0.255 e. The van der Waals surface area contributed by atoms with Crippen LogP contribution in [-0.2, 0) is 10.0 Å². The molecule has 0 saturated carbocycles. The van der Waals surface area contributed by atoms with E-state index in [1.165, 1.54) is 28.6 Å². The summed E-state index contributed by atoms with van der Waals surface area (Å²) in [4.78, 5) is 21.9. The molecular formula is C22H31N5O3S. The number of aromatic nitrogens is 1. The lowest BCUT2D eigenvalue weighted by molar-refractivity contribution is 0.102. The van der Waals surface area contributed by atoms with E-state index in [0.29, 0.717) is 24.3 Å². The van der Waals surface area contributed by atoms with Crippen LogP contribution in [0.15, 0.2) is 47.5 Å². The molecule has 1 aliphatic rings. The third kappa shape index (κ3) is 5.41. The van der Waals surface area contributed by atoms with Crippen LogP contribution in [0.5, 0.6) is 0 Å². The van der Waals surface area contributed by atoms with Crippen molar-refractivity contribution in [1.29, 1.82) is 0 Å². The van der Waals surface area contributed by atoms with Crippen molar-refractivity contribution in [2.45, 2.75) is 25.7 Å². The van der Waals surface area contributed by atoms with Gasteiger partial charge in [-0.3, -0.25) is 4.79 Å². The van der Waals surface area contributed by atoms with Crippen molar-refractivity contribution in [3.63, 3.8) is 0 Å². The van der Waals surface area contributed by atoms with Gasteiger partial charge in [0.05, 0.1) is 16.8 Å². The Morgan fingerprint density at radius 3 is 2.16 bits per heavy atom. The van der Waals surface area contributed by atoms with E-state index in [9.17, 15) is 13.2 Å². The lowest BCUT2D eigenvalue weighted by Crippen LogP contribution is -2.46. The van der Waals surface area contributed by atoms with Crippen LogP contribution in [0.4, 0.5) is 11.5 Å². The third-order valence-electron chi connectivity index (χ3n) is 5.61. The van der Waals surface area contributed by atoms with E-state index in [2.05, 4.69) is 27.0 Å². The number of pyridine rings is 1. The molecule has 1 aromatic carbocycles. The minimum atomic E-state index is -3.54. The first-order valence-electron chi connectivity index (χ1n) is 10.7. The molecule has 1 fully saturated rings. The van der Waals surface area contributed by atoms with E-state index in [1.807, 2.05) is 12.1 Å². The highest BCUT2D eigenvalue weighted by Gasteiger charge is 2.22. The van der Waals surface area contributed by atoms with E-state index in [0.717, 1.165) is 38.5 Å². The zero-order valence-electron chi connectivity index (χ0n) is 18.4. The largest absolute Gasteiger partial charge is 0.354 e. The van der Waals surface area contributed by atoms with Gasteiger partial charge in [-0.15, -0.1) is 0 Å². The monoisotopic (exact) mass is 445 g/mol. The van der Waals surface area contributed by atoms with Crippen molar-refractivity contribution in [3.05, 3.63) is 48.2 Å². The standard InChI is InChI=1S/C22H31N5O3S/c1-4-25-13-15-26(16-14-25)21-12-9-19(17-23-21)24-22(28)18-7-10-20(11-8-18)31(29,30)27(5-2)6-3/h7-12,17H,4-6,13-16H2,1-3H3,(H,24,28). The van der Waals surface area contributed by atoms with Gasteiger partial charge in [0.15, 0.2) is 0 Å². The molecule has 31 heavy (non-hydrogen) atoms. The molecule has 0 spiro atoms. The SMILES string of the molecule is CCN1CCN(c2ccc(NC(=O)c3ccc(S(=O)(=O)N(CC)CC)cc3)cn2)CC1. The van der Waals surface area contributed by atoms with E-state index in [-0.39, 0.29) is 10.8 Å². The number of rotatable bonds is 8. The molecule has 2 aromatic rings. The molecule has 8 nitrogen and oxygen atoms in total. The van der Waals surface area contributed by atoms with Gasteiger partial charge in [-0.25, -0.2) is 13.4 Å². The van der Waals surface area contributed by atoms with Crippen molar-refractivity contribution in [3.8, 4) is 0 Å². The molecule has 3 rings (SSSR count). The van der Waals surface area contributed by atoms with Crippen LogP contribution in [-0.4, -0.2) is 74.3 Å². The number of nitrogens with one attached hydrogen (secondary N) is 1. The highest BCUT2D eigenvalue weighted by atomic mass is 32.2. The van der Waals surface area contributed by atoms with E-state index in [4.69, 9.17) is 0 Å². The fraction of sp³-hybridized carbons (Fsp3) is 0.455. The first-order chi connectivity index (χ1) is 14.9. The van der Waals surface area contributed by atoms with Crippen LogP contribution in [0.25, 0.3) is 0 Å². The first-order valence-corrected chi connectivity index (χ1v) is 12.2.